The molecule has 2 nitrogen and oxygen atoms in total. The fourth-order valence-electron chi connectivity index (χ4n) is 1.37. The van der Waals surface area contributed by atoms with Crippen LogP contribution in [0.1, 0.15) is 39.5 Å². The summed E-state index contributed by atoms with van der Waals surface area (Å²) in [6.45, 7) is 4.27. The predicted octanol–water partition coefficient (Wildman–Crippen LogP) is 3.55. The maximum atomic E-state index is 12.2. The average Bonchev–Trinajstić information content (AvgIpc) is 2.12. The Morgan fingerprint density at radius 3 is 1.85 bits per heavy atom. The van der Waals surface area contributed by atoms with E-state index in [9.17, 15) is 4.57 Å². The first-order valence-corrected chi connectivity index (χ1v) is 7.50. The van der Waals surface area contributed by atoms with E-state index in [1.54, 1.807) is 7.11 Å². The predicted molar refractivity (Wildman–Crippen MR) is 59.0 cm³/mol. The number of hydrogen-bond acceptors (Lipinski definition) is 2. The summed E-state index contributed by atoms with van der Waals surface area (Å²) in [5.41, 5.74) is 0. The number of hydrogen-bond donors (Lipinski definition) is 0. The van der Waals surface area contributed by atoms with Crippen molar-refractivity contribution in [3.63, 3.8) is 0 Å². The number of ether oxygens (including phenoxy) is 1. The smallest absolute Gasteiger partial charge is 0.112 e. The first kappa shape index (κ1) is 13.2. The Morgan fingerprint density at radius 2 is 1.54 bits per heavy atom. The summed E-state index contributed by atoms with van der Waals surface area (Å²) in [6, 6.07) is 0. The molecule has 0 atom stereocenters. The quantitative estimate of drug-likeness (QED) is 0.568. The van der Waals surface area contributed by atoms with E-state index in [1.165, 1.54) is 0 Å². The zero-order valence-corrected chi connectivity index (χ0v) is 10.1. The highest BCUT2D eigenvalue weighted by molar-refractivity contribution is 7.63. The number of unbranched alkanes of at least 4 members (excludes halogenated alkanes) is 2. The molecule has 0 aromatic carbocycles. The van der Waals surface area contributed by atoms with Gasteiger partial charge in [-0.2, -0.15) is 0 Å². The van der Waals surface area contributed by atoms with E-state index in [1.807, 2.05) is 0 Å². The maximum absolute atomic E-state index is 12.2. The number of rotatable bonds is 8. The third kappa shape index (κ3) is 6.29. The highest BCUT2D eigenvalue weighted by Gasteiger charge is 2.19. The lowest BCUT2D eigenvalue weighted by atomic mass is 10.4. The molecule has 0 bridgehead atoms. The van der Waals surface area contributed by atoms with Gasteiger partial charge in [0.2, 0.25) is 0 Å². The van der Waals surface area contributed by atoms with Crippen LogP contribution in [0.4, 0.5) is 0 Å². The molecule has 0 fully saturated rings. The summed E-state index contributed by atoms with van der Waals surface area (Å²) in [6.07, 6.45) is 6.62. The molecular weight excluding hydrogens is 183 g/mol. The van der Waals surface area contributed by atoms with Gasteiger partial charge in [-0.3, -0.25) is 0 Å². The van der Waals surface area contributed by atoms with E-state index in [-0.39, 0.29) is 0 Å². The van der Waals surface area contributed by atoms with Gasteiger partial charge in [-0.25, -0.2) is 0 Å². The van der Waals surface area contributed by atoms with Crippen molar-refractivity contribution in [3.05, 3.63) is 0 Å². The van der Waals surface area contributed by atoms with Gasteiger partial charge < -0.3 is 9.30 Å². The molecule has 0 radical (unpaired) electrons. The van der Waals surface area contributed by atoms with Crippen LogP contribution in [0.15, 0.2) is 0 Å². The second-order valence-electron chi connectivity index (χ2n) is 3.63. The Morgan fingerprint density at radius 1 is 1.08 bits per heavy atom. The Bertz CT molecular complexity index is 145. The molecule has 0 amide bonds. The normalized spacial score (nSPS) is 11.9. The zero-order chi connectivity index (χ0) is 10.2. The molecule has 0 spiro atoms. The summed E-state index contributed by atoms with van der Waals surface area (Å²) >= 11 is 0. The van der Waals surface area contributed by atoms with Gasteiger partial charge >= 0.3 is 0 Å². The fraction of sp³-hybridized carbons (Fsp3) is 1.00. The summed E-state index contributed by atoms with van der Waals surface area (Å²) in [5, 5.41) is 0. The van der Waals surface area contributed by atoms with Crippen molar-refractivity contribution >= 4 is 7.14 Å². The molecule has 0 heterocycles. The lowest BCUT2D eigenvalue weighted by molar-refractivity contribution is 0.248. The van der Waals surface area contributed by atoms with Crippen molar-refractivity contribution in [3.8, 4) is 0 Å². The lowest BCUT2D eigenvalue weighted by Crippen LogP contribution is -2.01. The van der Waals surface area contributed by atoms with Crippen molar-refractivity contribution in [2.45, 2.75) is 39.5 Å². The molecule has 0 aromatic rings. The minimum Gasteiger partial charge on any atom is -0.377 e. The van der Waals surface area contributed by atoms with Crippen molar-refractivity contribution < 1.29 is 9.30 Å². The first-order chi connectivity index (χ1) is 6.18. The van der Waals surface area contributed by atoms with Gasteiger partial charge in [-0.15, -0.1) is 0 Å². The molecule has 0 saturated carbocycles. The van der Waals surface area contributed by atoms with E-state index < -0.39 is 7.14 Å². The van der Waals surface area contributed by atoms with E-state index in [4.69, 9.17) is 4.74 Å². The molecule has 0 unspecified atom stereocenters. The van der Waals surface area contributed by atoms with Crippen LogP contribution in [0.2, 0.25) is 0 Å². The molecule has 0 saturated heterocycles. The van der Waals surface area contributed by atoms with E-state index >= 15 is 0 Å². The van der Waals surface area contributed by atoms with Gasteiger partial charge in [0.05, 0.1) is 6.35 Å². The molecular formula is C10H23O2P. The van der Waals surface area contributed by atoms with Crippen molar-refractivity contribution in [2.75, 3.05) is 25.8 Å². The highest BCUT2D eigenvalue weighted by Crippen LogP contribution is 2.46. The van der Waals surface area contributed by atoms with Crippen LogP contribution < -0.4 is 0 Å². The molecule has 0 N–H and O–H groups in total. The minimum atomic E-state index is -1.97. The summed E-state index contributed by atoms with van der Waals surface area (Å²) in [4.78, 5) is 0. The maximum Gasteiger partial charge on any atom is 0.112 e. The SMILES string of the molecule is CCCCP(=O)(CCCC)COC. The lowest BCUT2D eigenvalue weighted by Gasteiger charge is -2.16. The van der Waals surface area contributed by atoms with Gasteiger partial charge in [0.25, 0.3) is 0 Å². The van der Waals surface area contributed by atoms with Crippen LogP contribution in [0.3, 0.4) is 0 Å². The molecule has 0 rings (SSSR count). The molecule has 13 heavy (non-hydrogen) atoms. The fourth-order valence-corrected chi connectivity index (χ4v) is 4.11. The van der Waals surface area contributed by atoms with Crippen LogP contribution in [0.25, 0.3) is 0 Å². The molecule has 80 valence electrons. The highest BCUT2D eigenvalue weighted by atomic mass is 31.2. The molecule has 0 aliphatic rings. The van der Waals surface area contributed by atoms with E-state index in [2.05, 4.69) is 13.8 Å². The summed E-state index contributed by atoms with van der Waals surface area (Å²) in [7, 11) is -0.331. The van der Waals surface area contributed by atoms with Gasteiger partial charge in [0, 0.05) is 19.4 Å². The first-order valence-electron chi connectivity index (χ1n) is 5.24. The van der Waals surface area contributed by atoms with Crippen LogP contribution >= 0.6 is 7.14 Å². The average molecular weight is 206 g/mol. The van der Waals surface area contributed by atoms with Crippen LogP contribution in [-0.4, -0.2) is 25.8 Å². The van der Waals surface area contributed by atoms with Gasteiger partial charge in [0.1, 0.15) is 7.14 Å². The second kappa shape index (κ2) is 7.58. The molecule has 0 aromatic heterocycles. The van der Waals surface area contributed by atoms with E-state index in [0.717, 1.165) is 38.0 Å². The standard InChI is InChI=1S/C10H23O2P/c1-4-6-8-13(11,10-12-3)9-7-5-2/h4-10H2,1-3H3. The molecule has 0 aliphatic carbocycles. The van der Waals surface area contributed by atoms with Gasteiger partial charge in [-0.1, -0.05) is 26.7 Å². The topological polar surface area (TPSA) is 26.3 Å². The molecule has 3 heteroatoms. The third-order valence-corrected chi connectivity index (χ3v) is 5.19. The van der Waals surface area contributed by atoms with Crippen molar-refractivity contribution in [1.29, 1.82) is 0 Å². The van der Waals surface area contributed by atoms with Crippen LogP contribution in [-0.2, 0) is 9.30 Å². The summed E-state index contributed by atoms with van der Waals surface area (Å²) in [5.74, 6) is 0. The summed E-state index contributed by atoms with van der Waals surface area (Å²) < 4.78 is 17.2. The van der Waals surface area contributed by atoms with Crippen LogP contribution in [0, 0.1) is 0 Å². The minimum absolute atomic E-state index is 0.479. The Balaban J connectivity index is 3.92. The zero-order valence-electron chi connectivity index (χ0n) is 9.21. The van der Waals surface area contributed by atoms with Gasteiger partial charge in [-0.05, 0) is 12.8 Å². The number of methoxy groups -OCH3 is 1. The monoisotopic (exact) mass is 206 g/mol. The van der Waals surface area contributed by atoms with E-state index in [0.29, 0.717) is 6.35 Å². The Kier molecular flexibility index (Phi) is 7.69. The van der Waals surface area contributed by atoms with Crippen molar-refractivity contribution in [1.82, 2.24) is 0 Å². The van der Waals surface area contributed by atoms with Crippen LogP contribution in [0.5, 0.6) is 0 Å². The molecule has 0 aliphatic heterocycles. The van der Waals surface area contributed by atoms with Gasteiger partial charge in [0.15, 0.2) is 0 Å². The second-order valence-corrected chi connectivity index (χ2v) is 6.90. The largest absolute Gasteiger partial charge is 0.377 e. The third-order valence-electron chi connectivity index (χ3n) is 2.20. The Hall–Kier alpha value is 0.190. The van der Waals surface area contributed by atoms with Crippen molar-refractivity contribution in [2.24, 2.45) is 0 Å². The Labute approximate surface area is 82.4 Å².